The molecular weight excluding hydrogens is 256 g/mol. The second-order valence-corrected chi connectivity index (χ2v) is 7.26. The lowest BCUT2D eigenvalue weighted by atomic mass is 10.3. The summed E-state index contributed by atoms with van der Waals surface area (Å²) in [5, 5.41) is 6.18. The molecule has 0 saturated heterocycles. The fourth-order valence-corrected chi connectivity index (χ4v) is 3.51. The first-order valence-corrected chi connectivity index (χ1v) is 8.16. The van der Waals surface area contributed by atoms with Gasteiger partial charge in [0.2, 0.25) is 0 Å². The fraction of sp³-hybridized carbons (Fsp3) is 0.364. The third-order valence-corrected chi connectivity index (χ3v) is 4.30. The molecule has 2 aromatic heterocycles. The number of nitrogens with one attached hydrogen (secondary N) is 1. The highest BCUT2D eigenvalue weighted by Crippen LogP contribution is 2.26. The highest BCUT2D eigenvalue weighted by molar-refractivity contribution is 7.90. The molecule has 0 aliphatic heterocycles. The molecule has 0 aromatic carbocycles. The lowest BCUT2D eigenvalue weighted by Gasteiger charge is -2.13. The molecule has 0 amide bonds. The molecule has 6 heteroatoms. The van der Waals surface area contributed by atoms with Gasteiger partial charge in [-0.15, -0.1) is 11.3 Å². The van der Waals surface area contributed by atoms with Crippen molar-refractivity contribution in [3.63, 3.8) is 0 Å². The van der Waals surface area contributed by atoms with Gasteiger partial charge in [0.25, 0.3) is 0 Å². The van der Waals surface area contributed by atoms with Gasteiger partial charge in [-0.1, -0.05) is 0 Å². The van der Waals surface area contributed by atoms with Crippen molar-refractivity contribution < 1.29 is 8.42 Å². The Morgan fingerprint density at radius 2 is 2.24 bits per heavy atom. The van der Waals surface area contributed by atoms with Crippen molar-refractivity contribution in [3.8, 4) is 0 Å². The minimum absolute atomic E-state index is 0.106. The van der Waals surface area contributed by atoms with E-state index in [2.05, 4.69) is 10.3 Å². The summed E-state index contributed by atoms with van der Waals surface area (Å²) in [5.74, 6) is 0.856. The molecular formula is C11H14N2O2S2. The Kier molecular flexibility index (Phi) is 3.35. The molecule has 0 aliphatic rings. The predicted octanol–water partition coefficient (Wildman–Crippen LogP) is 2.14. The second-order valence-electron chi connectivity index (χ2n) is 4.13. The van der Waals surface area contributed by atoms with Gasteiger partial charge in [-0.25, -0.2) is 13.4 Å². The van der Waals surface area contributed by atoms with Crippen LogP contribution in [0.4, 0.5) is 5.82 Å². The zero-order valence-electron chi connectivity index (χ0n) is 9.67. The molecule has 1 unspecified atom stereocenters. The van der Waals surface area contributed by atoms with E-state index in [1.165, 1.54) is 6.26 Å². The van der Waals surface area contributed by atoms with Crippen LogP contribution in [0.3, 0.4) is 0 Å². The molecule has 2 rings (SSSR count). The average Bonchev–Trinajstić information content (AvgIpc) is 2.63. The van der Waals surface area contributed by atoms with E-state index in [0.717, 1.165) is 15.9 Å². The number of hydrogen-bond donors (Lipinski definition) is 1. The minimum atomic E-state index is -2.97. The molecule has 0 aliphatic carbocycles. The first-order chi connectivity index (χ1) is 7.96. The van der Waals surface area contributed by atoms with Gasteiger partial charge in [-0.2, -0.15) is 0 Å². The highest BCUT2D eigenvalue weighted by atomic mass is 32.2. The molecule has 4 nitrogen and oxygen atoms in total. The lowest BCUT2D eigenvalue weighted by molar-refractivity contribution is 0.598. The van der Waals surface area contributed by atoms with Gasteiger partial charge >= 0.3 is 0 Å². The highest BCUT2D eigenvalue weighted by Gasteiger charge is 2.12. The van der Waals surface area contributed by atoms with Crippen molar-refractivity contribution in [1.82, 2.24) is 4.98 Å². The Balaban J connectivity index is 2.21. The van der Waals surface area contributed by atoms with Crippen LogP contribution in [0.1, 0.15) is 6.92 Å². The first kappa shape index (κ1) is 12.3. The zero-order chi connectivity index (χ0) is 12.5. The Hall–Kier alpha value is -1.14. The van der Waals surface area contributed by atoms with Crippen LogP contribution in [0.2, 0.25) is 0 Å². The van der Waals surface area contributed by atoms with Crippen LogP contribution in [-0.4, -0.2) is 31.5 Å². The number of pyridine rings is 1. The number of nitrogens with zero attached hydrogens (tertiary/aromatic N) is 1. The Labute approximate surface area is 105 Å². The summed E-state index contributed by atoms with van der Waals surface area (Å²) >= 11 is 1.64. The summed E-state index contributed by atoms with van der Waals surface area (Å²) in [6, 6.07) is 3.79. The SMILES string of the molecule is CC(CS(C)(=O)=O)Nc1nccc2sccc12. The van der Waals surface area contributed by atoms with Crippen LogP contribution < -0.4 is 5.32 Å². The molecule has 2 heterocycles. The first-order valence-electron chi connectivity index (χ1n) is 5.22. The Bertz CT molecular complexity index is 619. The molecule has 0 spiro atoms. The predicted molar refractivity (Wildman–Crippen MR) is 72.4 cm³/mol. The van der Waals surface area contributed by atoms with Gasteiger partial charge in [0.1, 0.15) is 15.7 Å². The maximum atomic E-state index is 11.2. The molecule has 0 bridgehead atoms. The zero-order valence-corrected chi connectivity index (χ0v) is 11.3. The monoisotopic (exact) mass is 270 g/mol. The van der Waals surface area contributed by atoms with Crippen molar-refractivity contribution in [1.29, 1.82) is 0 Å². The molecule has 1 N–H and O–H groups in total. The number of rotatable bonds is 4. The number of hydrogen-bond acceptors (Lipinski definition) is 5. The molecule has 2 aromatic rings. The summed E-state index contributed by atoms with van der Waals surface area (Å²) in [7, 11) is -2.97. The number of anilines is 1. The van der Waals surface area contributed by atoms with E-state index in [4.69, 9.17) is 0 Å². The largest absolute Gasteiger partial charge is 0.366 e. The van der Waals surface area contributed by atoms with Crippen LogP contribution >= 0.6 is 11.3 Å². The lowest BCUT2D eigenvalue weighted by Crippen LogP contribution is -2.25. The van der Waals surface area contributed by atoms with Crippen LogP contribution in [0.15, 0.2) is 23.7 Å². The Morgan fingerprint density at radius 1 is 1.47 bits per heavy atom. The van der Waals surface area contributed by atoms with Crippen LogP contribution in [-0.2, 0) is 9.84 Å². The van der Waals surface area contributed by atoms with Gasteiger partial charge in [-0.05, 0) is 24.4 Å². The van der Waals surface area contributed by atoms with Gasteiger partial charge in [0.05, 0.1) is 5.75 Å². The van der Waals surface area contributed by atoms with Crippen molar-refractivity contribution in [2.24, 2.45) is 0 Å². The topological polar surface area (TPSA) is 59.1 Å². The van der Waals surface area contributed by atoms with E-state index in [1.807, 2.05) is 24.4 Å². The number of fused-ring (bicyclic) bond motifs is 1. The van der Waals surface area contributed by atoms with Crippen LogP contribution in [0.5, 0.6) is 0 Å². The second kappa shape index (κ2) is 4.62. The smallest absolute Gasteiger partial charge is 0.149 e. The van der Waals surface area contributed by atoms with Gasteiger partial charge in [-0.3, -0.25) is 0 Å². The normalized spacial score (nSPS) is 13.8. The molecule has 17 heavy (non-hydrogen) atoms. The third kappa shape index (κ3) is 3.17. The van der Waals surface area contributed by atoms with E-state index in [0.29, 0.717) is 0 Å². The van der Waals surface area contributed by atoms with Crippen molar-refractivity contribution in [2.75, 3.05) is 17.3 Å². The van der Waals surface area contributed by atoms with Crippen molar-refractivity contribution in [3.05, 3.63) is 23.7 Å². The molecule has 0 saturated carbocycles. The van der Waals surface area contributed by atoms with Gasteiger partial charge in [0.15, 0.2) is 0 Å². The standard InChI is InChI=1S/C11H14N2O2S2/c1-8(7-17(2,14)15)13-11-9-4-6-16-10(9)3-5-12-11/h3-6,8H,7H2,1-2H3,(H,12,13). The van der Waals surface area contributed by atoms with Gasteiger partial charge < -0.3 is 5.32 Å². The summed E-state index contributed by atoms with van der Waals surface area (Å²) in [5.41, 5.74) is 0. The quantitative estimate of drug-likeness (QED) is 0.924. The summed E-state index contributed by atoms with van der Waals surface area (Å²) in [4.78, 5) is 4.25. The third-order valence-electron chi connectivity index (χ3n) is 2.32. The maximum Gasteiger partial charge on any atom is 0.149 e. The van der Waals surface area contributed by atoms with E-state index >= 15 is 0 Å². The number of sulfone groups is 1. The van der Waals surface area contributed by atoms with E-state index in [-0.39, 0.29) is 11.8 Å². The van der Waals surface area contributed by atoms with E-state index < -0.39 is 9.84 Å². The molecule has 0 fully saturated rings. The molecule has 1 atom stereocenters. The minimum Gasteiger partial charge on any atom is -0.366 e. The van der Waals surface area contributed by atoms with E-state index in [9.17, 15) is 8.42 Å². The van der Waals surface area contributed by atoms with E-state index in [1.54, 1.807) is 17.5 Å². The molecule has 92 valence electrons. The summed E-state index contributed by atoms with van der Waals surface area (Å²) < 4.78 is 23.5. The number of thiophene rings is 1. The average molecular weight is 270 g/mol. The van der Waals surface area contributed by atoms with Crippen molar-refractivity contribution >= 4 is 37.1 Å². The Morgan fingerprint density at radius 3 is 2.94 bits per heavy atom. The summed E-state index contributed by atoms with van der Waals surface area (Å²) in [6.07, 6.45) is 2.97. The van der Waals surface area contributed by atoms with Crippen LogP contribution in [0.25, 0.3) is 10.1 Å². The maximum absolute atomic E-state index is 11.2. The summed E-state index contributed by atoms with van der Waals surface area (Å²) in [6.45, 7) is 1.84. The van der Waals surface area contributed by atoms with Crippen molar-refractivity contribution in [2.45, 2.75) is 13.0 Å². The van der Waals surface area contributed by atoms with Crippen LogP contribution in [0, 0.1) is 0 Å². The fourth-order valence-electron chi connectivity index (χ4n) is 1.74. The molecule has 0 radical (unpaired) electrons. The van der Waals surface area contributed by atoms with Gasteiger partial charge in [0, 0.05) is 28.6 Å². The number of aromatic nitrogens is 1.